The summed E-state index contributed by atoms with van der Waals surface area (Å²) in [4.78, 5) is 32.7. The molecule has 1 aromatic carbocycles. The fourth-order valence-electron chi connectivity index (χ4n) is 4.45. The van der Waals surface area contributed by atoms with E-state index < -0.39 is 11.6 Å². The van der Waals surface area contributed by atoms with Crippen molar-refractivity contribution >= 4 is 23.5 Å². The number of carbonyl (C=O) groups is 1. The number of nitrogens with one attached hydrogen (secondary N) is 2. The molecule has 38 heavy (non-hydrogen) atoms. The van der Waals surface area contributed by atoms with E-state index in [0.717, 1.165) is 5.56 Å². The number of hydrogen-bond acceptors (Lipinski definition) is 10. The number of aromatic nitrogens is 5. The van der Waals surface area contributed by atoms with Crippen LogP contribution < -0.4 is 10.6 Å². The summed E-state index contributed by atoms with van der Waals surface area (Å²) >= 11 is 0. The molecule has 4 aromatic rings. The summed E-state index contributed by atoms with van der Waals surface area (Å²) < 4.78 is 5.36. The minimum absolute atomic E-state index is 0.0816. The van der Waals surface area contributed by atoms with Gasteiger partial charge >= 0.3 is 0 Å². The normalized spacial score (nSPS) is 14.7. The van der Waals surface area contributed by atoms with E-state index in [2.05, 4.69) is 37.3 Å². The molecule has 11 heteroatoms. The van der Waals surface area contributed by atoms with Crippen molar-refractivity contribution in [2.24, 2.45) is 0 Å². The van der Waals surface area contributed by atoms with E-state index in [1.54, 1.807) is 36.2 Å². The molecule has 1 aliphatic heterocycles. The Morgan fingerprint density at radius 2 is 1.92 bits per heavy atom. The van der Waals surface area contributed by atoms with Crippen LogP contribution in [-0.2, 0) is 5.54 Å². The number of aliphatic hydroxyl groups excluding tert-OH is 1. The lowest BCUT2D eigenvalue weighted by Crippen LogP contribution is -2.39. The molecule has 0 unspecified atom stereocenters. The number of aliphatic hydroxyl groups is 1. The van der Waals surface area contributed by atoms with Crippen molar-refractivity contribution in [2.75, 3.05) is 23.8 Å². The van der Waals surface area contributed by atoms with Crippen LogP contribution in [0, 0.1) is 6.92 Å². The van der Waals surface area contributed by atoms with Gasteiger partial charge in [0.1, 0.15) is 17.2 Å². The summed E-state index contributed by atoms with van der Waals surface area (Å²) in [5.74, 6) is 1.78. The minimum atomic E-state index is -0.602. The molecular weight excluding hydrogens is 484 g/mol. The first kappa shape index (κ1) is 25.0. The topological polar surface area (TPSA) is 142 Å². The van der Waals surface area contributed by atoms with Crippen LogP contribution in [0.3, 0.4) is 0 Å². The van der Waals surface area contributed by atoms with E-state index in [9.17, 15) is 9.90 Å². The predicted molar refractivity (Wildman–Crippen MR) is 142 cm³/mol. The summed E-state index contributed by atoms with van der Waals surface area (Å²) in [5.41, 5.74) is 1.98. The second-order valence-corrected chi connectivity index (χ2v) is 9.37. The van der Waals surface area contributed by atoms with E-state index >= 15 is 0 Å². The third-order valence-electron chi connectivity index (χ3n) is 6.42. The van der Waals surface area contributed by atoms with E-state index in [0.29, 0.717) is 40.8 Å². The lowest BCUT2D eigenvalue weighted by atomic mass is 9.99. The minimum Gasteiger partial charge on any atom is -0.394 e. The Balaban J connectivity index is 1.49. The molecule has 3 N–H and O–H groups in total. The van der Waals surface area contributed by atoms with Crippen molar-refractivity contribution in [3.05, 3.63) is 84.0 Å². The largest absolute Gasteiger partial charge is 0.394 e. The van der Waals surface area contributed by atoms with Crippen molar-refractivity contribution in [1.29, 1.82) is 0 Å². The smallest absolute Gasteiger partial charge is 0.263 e. The van der Waals surface area contributed by atoms with Gasteiger partial charge in [-0.25, -0.2) is 9.97 Å². The van der Waals surface area contributed by atoms with E-state index in [4.69, 9.17) is 9.51 Å². The lowest BCUT2D eigenvalue weighted by Gasteiger charge is -2.30. The Morgan fingerprint density at radius 3 is 2.61 bits per heavy atom. The zero-order chi connectivity index (χ0) is 26.9. The van der Waals surface area contributed by atoms with E-state index in [1.165, 1.54) is 0 Å². The standard InChI is InChI=1S/C27H28N8O3/c1-5-13-35-25(37)18-11-12-21(31-22(18)27(35,3)4)32-26-28-14-19(24-29-16(2)34-38-24)23(33-26)30-20(15-36)17-9-7-6-8-10-17/h5-12,14,20,36H,1,13,15H2,2-4H3,(H2,28,30,31,32,33)/t20-/m1/s1. The molecule has 11 nitrogen and oxygen atoms in total. The van der Waals surface area contributed by atoms with Gasteiger partial charge in [-0.1, -0.05) is 41.6 Å². The van der Waals surface area contributed by atoms with E-state index in [1.807, 2.05) is 44.2 Å². The maximum atomic E-state index is 12.9. The molecule has 0 saturated carbocycles. The first-order chi connectivity index (χ1) is 18.3. The average molecular weight is 513 g/mol. The number of amides is 1. The maximum absolute atomic E-state index is 12.9. The number of hydrogen-bond donors (Lipinski definition) is 3. The van der Waals surface area contributed by atoms with Crippen LogP contribution >= 0.6 is 0 Å². The van der Waals surface area contributed by atoms with Gasteiger partial charge in [0.05, 0.1) is 29.4 Å². The number of fused-ring (bicyclic) bond motifs is 1. The van der Waals surface area contributed by atoms with Crippen molar-refractivity contribution in [2.45, 2.75) is 32.4 Å². The van der Waals surface area contributed by atoms with Gasteiger partial charge in [-0.3, -0.25) is 4.79 Å². The second-order valence-electron chi connectivity index (χ2n) is 9.37. The molecular formula is C27H28N8O3. The SMILES string of the molecule is C=CCN1C(=O)c2ccc(Nc3ncc(-c4nc(C)no4)c(N[C@H](CO)c4ccccc4)n3)nc2C1(C)C. The molecule has 1 aliphatic rings. The van der Waals surface area contributed by atoms with Gasteiger partial charge in [0.25, 0.3) is 11.8 Å². The molecule has 0 aliphatic carbocycles. The van der Waals surface area contributed by atoms with Gasteiger partial charge < -0.3 is 25.2 Å². The number of rotatable bonds is 9. The molecule has 3 aromatic heterocycles. The molecule has 5 rings (SSSR count). The quantitative estimate of drug-likeness (QED) is 0.282. The highest BCUT2D eigenvalue weighted by molar-refractivity contribution is 5.99. The Morgan fingerprint density at radius 1 is 1.13 bits per heavy atom. The third kappa shape index (κ3) is 4.59. The predicted octanol–water partition coefficient (Wildman–Crippen LogP) is 4.00. The van der Waals surface area contributed by atoms with Gasteiger partial charge in [0.2, 0.25) is 5.95 Å². The Bertz CT molecular complexity index is 1480. The van der Waals surface area contributed by atoms with Crippen molar-refractivity contribution in [3.8, 4) is 11.5 Å². The highest BCUT2D eigenvalue weighted by atomic mass is 16.5. The zero-order valence-electron chi connectivity index (χ0n) is 21.3. The number of carbonyl (C=O) groups excluding carboxylic acids is 1. The number of pyridine rings is 1. The fraction of sp³-hybridized carbons (Fsp3) is 0.259. The highest BCUT2D eigenvalue weighted by Crippen LogP contribution is 2.38. The van der Waals surface area contributed by atoms with Crippen LogP contribution in [0.5, 0.6) is 0 Å². The number of nitrogens with zero attached hydrogens (tertiary/aromatic N) is 6. The van der Waals surface area contributed by atoms with Crippen LogP contribution in [0.1, 0.15) is 47.3 Å². The monoisotopic (exact) mass is 512 g/mol. The summed E-state index contributed by atoms with van der Waals surface area (Å²) in [6.45, 7) is 9.65. The Hall–Kier alpha value is -4.64. The van der Waals surface area contributed by atoms with Gasteiger partial charge in [0.15, 0.2) is 5.82 Å². The molecule has 1 amide bonds. The number of anilines is 3. The fourth-order valence-corrected chi connectivity index (χ4v) is 4.45. The van der Waals surface area contributed by atoms with Crippen LogP contribution in [0.25, 0.3) is 11.5 Å². The van der Waals surface area contributed by atoms with Crippen molar-refractivity contribution < 1.29 is 14.4 Å². The Kier molecular flexibility index (Phi) is 6.60. The summed E-state index contributed by atoms with van der Waals surface area (Å²) in [6, 6.07) is 12.6. The van der Waals surface area contributed by atoms with Crippen molar-refractivity contribution in [1.82, 2.24) is 30.0 Å². The highest BCUT2D eigenvalue weighted by Gasteiger charge is 2.43. The van der Waals surface area contributed by atoms with Gasteiger partial charge in [-0.15, -0.1) is 6.58 Å². The zero-order valence-corrected chi connectivity index (χ0v) is 21.3. The number of aryl methyl sites for hydroxylation is 1. The van der Waals surface area contributed by atoms with Gasteiger partial charge in [-0.05, 0) is 38.5 Å². The molecule has 1 atom stereocenters. The Labute approximate surface area is 219 Å². The van der Waals surface area contributed by atoms with Crippen LogP contribution in [0.15, 0.2) is 65.8 Å². The van der Waals surface area contributed by atoms with E-state index in [-0.39, 0.29) is 24.4 Å². The molecule has 194 valence electrons. The van der Waals surface area contributed by atoms with Crippen LogP contribution in [-0.4, -0.2) is 54.2 Å². The van der Waals surface area contributed by atoms with Gasteiger partial charge in [0, 0.05) is 12.7 Å². The first-order valence-corrected chi connectivity index (χ1v) is 12.1. The maximum Gasteiger partial charge on any atom is 0.263 e. The average Bonchev–Trinajstić information content (AvgIpc) is 3.43. The molecule has 4 heterocycles. The lowest BCUT2D eigenvalue weighted by molar-refractivity contribution is 0.0649. The molecule has 0 fully saturated rings. The molecule has 0 radical (unpaired) electrons. The summed E-state index contributed by atoms with van der Waals surface area (Å²) in [6.07, 6.45) is 3.27. The summed E-state index contributed by atoms with van der Waals surface area (Å²) in [7, 11) is 0. The molecule has 0 saturated heterocycles. The molecule has 0 spiro atoms. The van der Waals surface area contributed by atoms with Gasteiger partial charge in [-0.2, -0.15) is 9.97 Å². The number of benzene rings is 1. The molecule has 0 bridgehead atoms. The third-order valence-corrected chi connectivity index (χ3v) is 6.42. The van der Waals surface area contributed by atoms with Crippen molar-refractivity contribution in [3.63, 3.8) is 0 Å². The first-order valence-electron chi connectivity index (χ1n) is 12.1. The second kappa shape index (κ2) is 10.0. The van der Waals surface area contributed by atoms with Crippen LogP contribution in [0.2, 0.25) is 0 Å². The summed E-state index contributed by atoms with van der Waals surface area (Å²) in [5, 5.41) is 20.4. The van der Waals surface area contributed by atoms with Crippen LogP contribution in [0.4, 0.5) is 17.6 Å².